The van der Waals surface area contributed by atoms with Gasteiger partial charge in [-0.25, -0.2) is 0 Å². The molecule has 1 aromatic carbocycles. The number of hydrogen-bond acceptors (Lipinski definition) is 3. The number of halogens is 1. The summed E-state index contributed by atoms with van der Waals surface area (Å²) in [6.45, 7) is 5.92. The van der Waals surface area contributed by atoms with Crippen LogP contribution in [0.4, 0.5) is 0 Å². The molecule has 0 radical (unpaired) electrons. The average Bonchev–Trinajstić information content (AvgIpc) is 3.48. The van der Waals surface area contributed by atoms with Crippen LogP contribution in [0.15, 0.2) is 54.7 Å². The molecule has 0 amide bonds. The Hall–Kier alpha value is -2.41. The number of nitrogens with zero attached hydrogens (tertiary/aromatic N) is 3. The van der Waals surface area contributed by atoms with E-state index in [4.69, 9.17) is 28.6 Å². The first-order valence-electron chi connectivity index (χ1n) is 11.1. The third-order valence-electron chi connectivity index (χ3n) is 6.48. The number of hydrogen-bond donors (Lipinski definition) is 1. The van der Waals surface area contributed by atoms with Crippen molar-refractivity contribution < 1.29 is 4.74 Å². The summed E-state index contributed by atoms with van der Waals surface area (Å²) in [5.74, 6) is 0. The number of thiocarbonyl (C=S) groups is 1. The summed E-state index contributed by atoms with van der Waals surface area (Å²) in [6.07, 6.45) is 4.23. The van der Waals surface area contributed by atoms with Crippen molar-refractivity contribution in [2.24, 2.45) is 0 Å². The van der Waals surface area contributed by atoms with Crippen molar-refractivity contribution in [3.63, 3.8) is 0 Å². The highest BCUT2D eigenvalue weighted by Crippen LogP contribution is 2.42. The van der Waals surface area contributed by atoms with E-state index in [1.165, 1.54) is 11.3 Å². The molecule has 0 spiro atoms. The number of ether oxygens (including phenoxy) is 1. The fourth-order valence-electron chi connectivity index (χ4n) is 5.05. The van der Waals surface area contributed by atoms with E-state index < -0.39 is 0 Å². The van der Waals surface area contributed by atoms with Crippen LogP contribution in [-0.2, 0) is 4.74 Å². The van der Waals surface area contributed by atoms with Crippen molar-refractivity contribution in [1.29, 1.82) is 0 Å². The van der Waals surface area contributed by atoms with Gasteiger partial charge in [-0.1, -0.05) is 23.7 Å². The standard InChI is InChI=1S/C25H27ClN4OS/c1-16-13-21(17(2)30(16)19-8-5-7-18(26)14-19)24-23(22-10-3-4-11-27-22)28-25(32)29(24)15-20-9-6-12-31-20/h3-5,7-8,10-11,13-14,20,23-24H,6,9,12,15H2,1-2H3,(H,28,32)/t20-,23+,24+/m0/s1. The molecule has 2 aliphatic rings. The van der Waals surface area contributed by atoms with Crippen molar-refractivity contribution in [3.05, 3.63) is 82.4 Å². The van der Waals surface area contributed by atoms with E-state index in [1.54, 1.807) is 0 Å². The molecule has 4 heterocycles. The lowest BCUT2D eigenvalue weighted by molar-refractivity contribution is 0.0842. The van der Waals surface area contributed by atoms with Gasteiger partial charge in [0.05, 0.1) is 23.9 Å². The van der Waals surface area contributed by atoms with Crippen molar-refractivity contribution in [2.75, 3.05) is 13.2 Å². The molecule has 0 bridgehead atoms. The summed E-state index contributed by atoms with van der Waals surface area (Å²) in [5.41, 5.74) is 5.63. The number of benzene rings is 1. The van der Waals surface area contributed by atoms with Gasteiger partial charge in [-0.2, -0.15) is 0 Å². The van der Waals surface area contributed by atoms with Gasteiger partial charge in [0, 0.05) is 41.4 Å². The molecular weight excluding hydrogens is 440 g/mol. The number of aryl methyl sites for hydroxylation is 1. The zero-order chi connectivity index (χ0) is 22.2. The monoisotopic (exact) mass is 466 g/mol. The van der Waals surface area contributed by atoms with Crippen molar-refractivity contribution in [2.45, 2.75) is 44.9 Å². The van der Waals surface area contributed by atoms with E-state index >= 15 is 0 Å². The molecule has 5 nitrogen and oxygen atoms in total. The number of rotatable bonds is 5. The zero-order valence-electron chi connectivity index (χ0n) is 18.3. The molecule has 5 rings (SSSR count). The lowest BCUT2D eigenvalue weighted by Gasteiger charge is -2.30. The van der Waals surface area contributed by atoms with Gasteiger partial charge in [0.1, 0.15) is 0 Å². The lowest BCUT2D eigenvalue weighted by atomic mass is 9.96. The van der Waals surface area contributed by atoms with Crippen molar-refractivity contribution >= 4 is 28.9 Å². The minimum absolute atomic E-state index is 0.0285. The highest BCUT2D eigenvalue weighted by Gasteiger charge is 2.42. The third kappa shape index (κ3) is 3.91. The van der Waals surface area contributed by atoms with E-state index in [0.29, 0.717) is 0 Å². The minimum atomic E-state index is -0.0292. The first kappa shape index (κ1) is 21.4. The second-order valence-electron chi connectivity index (χ2n) is 8.56. The summed E-state index contributed by atoms with van der Waals surface area (Å²) in [5, 5.41) is 5.04. The van der Waals surface area contributed by atoms with Crippen LogP contribution in [0, 0.1) is 13.8 Å². The lowest BCUT2D eigenvalue weighted by Crippen LogP contribution is -2.36. The molecule has 32 heavy (non-hydrogen) atoms. The maximum atomic E-state index is 6.30. The fourth-order valence-corrected chi connectivity index (χ4v) is 5.55. The van der Waals surface area contributed by atoms with Crippen LogP contribution in [0.3, 0.4) is 0 Å². The Kier molecular flexibility index (Phi) is 5.93. The van der Waals surface area contributed by atoms with E-state index in [9.17, 15) is 0 Å². The molecule has 3 atom stereocenters. The highest BCUT2D eigenvalue weighted by atomic mass is 35.5. The Morgan fingerprint density at radius 3 is 2.78 bits per heavy atom. The van der Waals surface area contributed by atoms with Gasteiger partial charge in [0.25, 0.3) is 0 Å². The molecule has 7 heteroatoms. The summed E-state index contributed by atoms with van der Waals surface area (Å²) < 4.78 is 8.23. The Morgan fingerprint density at radius 2 is 2.06 bits per heavy atom. The predicted octanol–water partition coefficient (Wildman–Crippen LogP) is 5.29. The smallest absolute Gasteiger partial charge is 0.170 e. The van der Waals surface area contributed by atoms with Gasteiger partial charge in [0.2, 0.25) is 0 Å². The van der Waals surface area contributed by atoms with E-state index in [-0.39, 0.29) is 18.2 Å². The van der Waals surface area contributed by atoms with Crippen LogP contribution in [0.2, 0.25) is 5.02 Å². The minimum Gasteiger partial charge on any atom is -0.376 e. The predicted molar refractivity (Wildman–Crippen MR) is 131 cm³/mol. The van der Waals surface area contributed by atoms with Gasteiger partial charge in [-0.15, -0.1) is 0 Å². The third-order valence-corrected chi connectivity index (χ3v) is 7.06. The summed E-state index contributed by atoms with van der Waals surface area (Å²) in [4.78, 5) is 6.96. The van der Waals surface area contributed by atoms with Crippen LogP contribution >= 0.6 is 23.8 Å². The van der Waals surface area contributed by atoms with Gasteiger partial charge in [-0.3, -0.25) is 4.98 Å². The van der Waals surface area contributed by atoms with Gasteiger partial charge < -0.3 is 19.5 Å². The molecule has 2 saturated heterocycles. The second kappa shape index (κ2) is 8.85. The van der Waals surface area contributed by atoms with Crippen molar-refractivity contribution in [3.8, 4) is 5.69 Å². The van der Waals surface area contributed by atoms with Gasteiger partial charge in [-0.05, 0) is 80.9 Å². The molecule has 0 saturated carbocycles. The maximum Gasteiger partial charge on any atom is 0.170 e. The normalized spacial score (nSPS) is 23.0. The topological polar surface area (TPSA) is 42.3 Å². The largest absolute Gasteiger partial charge is 0.376 e. The molecule has 2 aliphatic heterocycles. The second-order valence-corrected chi connectivity index (χ2v) is 9.38. The Morgan fingerprint density at radius 1 is 1.19 bits per heavy atom. The van der Waals surface area contributed by atoms with Gasteiger partial charge >= 0.3 is 0 Å². The molecule has 1 N–H and O–H groups in total. The van der Waals surface area contributed by atoms with Crippen molar-refractivity contribution in [1.82, 2.24) is 19.8 Å². The number of aromatic nitrogens is 2. The fraction of sp³-hybridized carbons (Fsp3) is 0.360. The number of nitrogens with one attached hydrogen (secondary N) is 1. The van der Waals surface area contributed by atoms with E-state index in [2.05, 4.69) is 51.8 Å². The van der Waals surface area contributed by atoms with Crippen LogP contribution in [-0.4, -0.2) is 38.8 Å². The first-order valence-corrected chi connectivity index (χ1v) is 11.9. The molecular formula is C25H27ClN4OS. The Labute approximate surface area is 199 Å². The average molecular weight is 467 g/mol. The van der Waals surface area contributed by atoms with E-state index in [1.807, 2.05) is 36.5 Å². The maximum absolute atomic E-state index is 6.30. The SMILES string of the molecule is Cc1cc([C@@H]2[C@@H](c3ccccn3)NC(=S)N2C[C@@H]2CCCO2)c(C)n1-c1cccc(Cl)c1. The molecule has 2 aromatic heterocycles. The highest BCUT2D eigenvalue weighted by molar-refractivity contribution is 7.80. The summed E-state index contributed by atoms with van der Waals surface area (Å²) in [6, 6.07) is 16.3. The molecule has 166 valence electrons. The first-order chi connectivity index (χ1) is 15.5. The van der Waals surface area contributed by atoms with Gasteiger partial charge in [0.15, 0.2) is 5.11 Å². The summed E-state index contributed by atoms with van der Waals surface area (Å²) in [7, 11) is 0. The van der Waals surface area contributed by atoms with Crippen LogP contribution in [0.25, 0.3) is 5.69 Å². The van der Waals surface area contributed by atoms with Crippen LogP contribution < -0.4 is 5.32 Å². The summed E-state index contributed by atoms with van der Waals surface area (Å²) >= 11 is 12.1. The molecule has 0 unspecified atom stereocenters. The quantitative estimate of drug-likeness (QED) is 0.517. The Balaban J connectivity index is 1.59. The zero-order valence-corrected chi connectivity index (χ0v) is 19.9. The molecule has 3 aromatic rings. The molecule has 2 fully saturated rings. The van der Waals surface area contributed by atoms with Crippen LogP contribution in [0.5, 0.6) is 0 Å². The number of pyridine rings is 1. The van der Waals surface area contributed by atoms with Crippen LogP contribution in [0.1, 0.15) is 47.6 Å². The van der Waals surface area contributed by atoms with E-state index in [0.717, 1.165) is 53.2 Å². The molecule has 0 aliphatic carbocycles. The Bertz CT molecular complexity index is 1130.